The van der Waals surface area contributed by atoms with Crippen LogP contribution in [0.1, 0.15) is 46.5 Å². The van der Waals surface area contributed by atoms with Crippen molar-refractivity contribution in [3.63, 3.8) is 0 Å². The molecule has 5 nitrogen and oxygen atoms in total. The summed E-state index contributed by atoms with van der Waals surface area (Å²) in [4.78, 5) is 13.6. The Morgan fingerprint density at radius 2 is 1.85 bits per heavy atom. The molecule has 2 rings (SSSR count). The molecular weight excluding hydrogens is 256 g/mol. The fraction of sp³-hybridized carbons (Fsp3) is 0.933. The van der Waals surface area contributed by atoms with Crippen molar-refractivity contribution in [2.45, 2.75) is 70.2 Å². The first kappa shape index (κ1) is 15.6. The number of amides is 1. The number of ether oxygens (including phenoxy) is 2. The van der Waals surface area contributed by atoms with Gasteiger partial charge in [-0.15, -0.1) is 0 Å². The molecule has 2 unspecified atom stereocenters. The zero-order chi connectivity index (χ0) is 14.8. The molecule has 0 aromatic carbocycles. The van der Waals surface area contributed by atoms with Crippen LogP contribution in [0.5, 0.6) is 0 Å². The molecule has 2 fully saturated rings. The van der Waals surface area contributed by atoms with Crippen LogP contribution in [0.25, 0.3) is 0 Å². The van der Waals surface area contributed by atoms with Crippen molar-refractivity contribution < 1.29 is 14.3 Å². The number of hydrogen-bond donors (Lipinski definition) is 1. The molecule has 0 aromatic heterocycles. The topological polar surface area (TPSA) is 50.8 Å². The average Bonchev–Trinajstić information content (AvgIpc) is 2.31. The molecule has 1 aliphatic heterocycles. The largest absolute Gasteiger partial charge is 0.444 e. The second kappa shape index (κ2) is 6.31. The van der Waals surface area contributed by atoms with Crippen LogP contribution in [0.3, 0.4) is 0 Å². The van der Waals surface area contributed by atoms with Gasteiger partial charge in [-0.1, -0.05) is 12.8 Å². The van der Waals surface area contributed by atoms with E-state index in [2.05, 4.69) is 5.32 Å². The van der Waals surface area contributed by atoms with Crippen molar-refractivity contribution in [1.82, 2.24) is 10.2 Å². The van der Waals surface area contributed by atoms with Crippen molar-refractivity contribution in [3.8, 4) is 0 Å². The lowest BCUT2D eigenvalue weighted by Crippen LogP contribution is -2.64. The van der Waals surface area contributed by atoms with Gasteiger partial charge in [-0.05, 0) is 33.6 Å². The molecule has 1 aliphatic carbocycles. The highest BCUT2D eigenvalue weighted by Gasteiger charge is 2.36. The predicted octanol–water partition coefficient (Wildman–Crippen LogP) is 2.15. The van der Waals surface area contributed by atoms with E-state index in [-0.39, 0.29) is 6.09 Å². The van der Waals surface area contributed by atoms with E-state index in [0.29, 0.717) is 18.2 Å². The van der Waals surface area contributed by atoms with E-state index in [1.807, 2.05) is 20.8 Å². The molecule has 2 atom stereocenters. The summed E-state index contributed by atoms with van der Waals surface area (Å²) in [5.74, 6) is 0. The maximum atomic E-state index is 11.9. The number of hydrogen-bond acceptors (Lipinski definition) is 4. The number of carbonyl (C=O) groups is 1. The molecular formula is C15H28N2O3. The molecule has 1 N–H and O–H groups in total. The fourth-order valence-corrected chi connectivity index (χ4v) is 2.93. The normalized spacial score (nSPS) is 28.1. The minimum absolute atomic E-state index is 0.206. The highest BCUT2D eigenvalue weighted by atomic mass is 16.6. The molecule has 1 heterocycles. The van der Waals surface area contributed by atoms with Gasteiger partial charge in [0.05, 0.1) is 6.10 Å². The van der Waals surface area contributed by atoms with E-state index in [4.69, 9.17) is 9.47 Å². The summed E-state index contributed by atoms with van der Waals surface area (Å²) in [7, 11) is 1.79. The fourth-order valence-electron chi connectivity index (χ4n) is 2.93. The average molecular weight is 284 g/mol. The minimum atomic E-state index is -0.417. The monoisotopic (exact) mass is 284 g/mol. The summed E-state index contributed by atoms with van der Waals surface area (Å²) in [5, 5.41) is 3.63. The zero-order valence-electron chi connectivity index (χ0n) is 13.1. The first-order chi connectivity index (χ1) is 9.39. The van der Waals surface area contributed by atoms with Gasteiger partial charge in [-0.3, -0.25) is 0 Å². The smallest absolute Gasteiger partial charge is 0.410 e. The highest BCUT2D eigenvalue weighted by Crippen LogP contribution is 2.23. The SMILES string of the molecule is COC1CCCCC1NC1CN(C(=O)OC(C)(C)C)C1. The number of methoxy groups -OCH3 is 1. The van der Waals surface area contributed by atoms with Gasteiger partial charge in [-0.2, -0.15) is 0 Å². The third kappa shape index (κ3) is 4.09. The quantitative estimate of drug-likeness (QED) is 0.863. The van der Waals surface area contributed by atoms with Crippen LogP contribution in [-0.2, 0) is 9.47 Å². The Bertz CT molecular complexity index is 335. The van der Waals surface area contributed by atoms with Crippen LogP contribution in [-0.4, -0.2) is 55.0 Å². The van der Waals surface area contributed by atoms with Gasteiger partial charge in [0, 0.05) is 32.3 Å². The molecule has 0 aromatic rings. The Morgan fingerprint density at radius 1 is 1.20 bits per heavy atom. The second-order valence-corrected chi connectivity index (χ2v) is 6.91. The number of nitrogens with one attached hydrogen (secondary N) is 1. The summed E-state index contributed by atoms with van der Waals surface area (Å²) >= 11 is 0. The Balaban J connectivity index is 1.72. The first-order valence-electron chi connectivity index (χ1n) is 7.66. The van der Waals surface area contributed by atoms with Crippen LogP contribution in [0, 0.1) is 0 Å². The van der Waals surface area contributed by atoms with Gasteiger partial charge in [0.25, 0.3) is 0 Å². The maximum Gasteiger partial charge on any atom is 0.410 e. The van der Waals surface area contributed by atoms with E-state index >= 15 is 0 Å². The molecule has 116 valence electrons. The van der Waals surface area contributed by atoms with E-state index in [0.717, 1.165) is 19.5 Å². The molecule has 2 aliphatic rings. The second-order valence-electron chi connectivity index (χ2n) is 6.91. The molecule has 0 spiro atoms. The van der Waals surface area contributed by atoms with E-state index < -0.39 is 5.60 Å². The molecule has 1 saturated carbocycles. The number of nitrogens with zero attached hydrogens (tertiary/aromatic N) is 1. The summed E-state index contributed by atoms with van der Waals surface area (Å²) in [6.07, 6.45) is 4.94. The molecule has 0 bridgehead atoms. The molecule has 20 heavy (non-hydrogen) atoms. The van der Waals surface area contributed by atoms with Crippen LogP contribution in [0.4, 0.5) is 4.79 Å². The first-order valence-corrected chi connectivity index (χ1v) is 7.66. The van der Waals surface area contributed by atoms with Gasteiger partial charge in [-0.25, -0.2) is 4.79 Å². The molecule has 5 heteroatoms. The standard InChI is InChI=1S/C15H28N2O3/c1-15(2,3)20-14(18)17-9-11(10-17)16-12-7-5-6-8-13(12)19-4/h11-13,16H,5-10H2,1-4H3. The van der Waals surface area contributed by atoms with Crippen molar-refractivity contribution >= 4 is 6.09 Å². The highest BCUT2D eigenvalue weighted by molar-refractivity contribution is 5.69. The van der Waals surface area contributed by atoms with Gasteiger partial charge in [0.1, 0.15) is 5.60 Å². The van der Waals surface area contributed by atoms with Gasteiger partial charge < -0.3 is 19.7 Å². The molecule has 1 amide bonds. The van der Waals surface area contributed by atoms with Crippen molar-refractivity contribution in [1.29, 1.82) is 0 Å². The Kier molecular flexibility index (Phi) is 4.91. The minimum Gasteiger partial charge on any atom is -0.444 e. The van der Waals surface area contributed by atoms with E-state index in [1.165, 1.54) is 19.3 Å². The summed E-state index contributed by atoms with van der Waals surface area (Å²) < 4.78 is 10.9. The van der Waals surface area contributed by atoms with Crippen molar-refractivity contribution in [2.75, 3.05) is 20.2 Å². The number of likely N-dealkylation sites (tertiary alicyclic amines) is 1. The maximum absolute atomic E-state index is 11.9. The van der Waals surface area contributed by atoms with Crippen LogP contribution >= 0.6 is 0 Å². The number of carbonyl (C=O) groups excluding carboxylic acids is 1. The Labute approximate surface area is 122 Å². The van der Waals surface area contributed by atoms with Crippen LogP contribution in [0.2, 0.25) is 0 Å². The zero-order valence-corrected chi connectivity index (χ0v) is 13.1. The summed E-state index contributed by atoms with van der Waals surface area (Å²) in [6.45, 7) is 7.16. The molecule has 1 saturated heterocycles. The van der Waals surface area contributed by atoms with E-state index in [1.54, 1.807) is 12.0 Å². The van der Waals surface area contributed by atoms with Crippen molar-refractivity contribution in [2.24, 2.45) is 0 Å². The third-order valence-electron chi connectivity index (χ3n) is 3.99. The summed E-state index contributed by atoms with van der Waals surface area (Å²) in [5.41, 5.74) is -0.417. The van der Waals surface area contributed by atoms with Gasteiger partial charge in [0.15, 0.2) is 0 Å². The van der Waals surface area contributed by atoms with Gasteiger partial charge >= 0.3 is 6.09 Å². The lowest BCUT2D eigenvalue weighted by Gasteiger charge is -2.43. The lowest BCUT2D eigenvalue weighted by molar-refractivity contribution is -0.00536. The van der Waals surface area contributed by atoms with Crippen LogP contribution < -0.4 is 5.32 Å². The Morgan fingerprint density at radius 3 is 2.45 bits per heavy atom. The lowest BCUT2D eigenvalue weighted by atomic mass is 9.91. The molecule has 0 radical (unpaired) electrons. The third-order valence-corrected chi connectivity index (χ3v) is 3.99. The van der Waals surface area contributed by atoms with Crippen LogP contribution in [0.15, 0.2) is 0 Å². The predicted molar refractivity (Wildman–Crippen MR) is 77.8 cm³/mol. The van der Waals surface area contributed by atoms with Gasteiger partial charge in [0.2, 0.25) is 0 Å². The van der Waals surface area contributed by atoms with Crippen molar-refractivity contribution in [3.05, 3.63) is 0 Å². The Hall–Kier alpha value is -0.810. The summed E-state index contributed by atoms with van der Waals surface area (Å²) in [6, 6.07) is 0.808. The number of rotatable bonds is 3. The van der Waals surface area contributed by atoms with E-state index in [9.17, 15) is 4.79 Å².